The summed E-state index contributed by atoms with van der Waals surface area (Å²) in [5.41, 5.74) is 0.955. The lowest BCUT2D eigenvalue weighted by molar-refractivity contribution is 0.338. The van der Waals surface area contributed by atoms with Crippen molar-refractivity contribution < 1.29 is 4.84 Å². The zero-order valence-corrected chi connectivity index (χ0v) is 7.27. The van der Waals surface area contributed by atoms with E-state index in [0.29, 0.717) is 17.0 Å². The Morgan fingerprint density at radius 3 is 2.86 bits per heavy atom. The van der Waals surface area contributed by atoms with Gasteiger partial charge in [0.05, 0.1) is 0 Å². The largest absolute Gasteiger partial charge is 0.409 e. The van der Waals surface area contributed by atoms with Crippen LogP contribution >= 0.6 is 0 Å². The van der Waals surface area contributed by atoms with Crippen molar-refractivity contribution >= 4 is 10.9 Å². The molecule has 0 bridgehead atoms. The highest BCUT2D eigenvalue weighted by atomic mass is 16.6. The van der Waals surface area contributed by atoms with Gasteiger partial charge in [0.25, 0.3) is 0 Å². The highest BCUT2D eigenvalue weighted by Crippen LogP contribution is 2.22. The Balaban J connectivity index is 2.78. The molecule has 4 nitrogen and oxygen atoms in total. The van der Waals surface area contributed by atoms with Gasteiger partial charge in [-0.25, -0.2) is 4.98 Å². The Labute approximate surface area is 80.5 Å². The number of hydrogen-bond acceptors (Lipinski definition) is 4. The number of nitrogens with zero attached hydrogens (tertiary/aromatic N) is 2. The van der Waals surface area contributed by atoms with Crippen LogP contribution in [0.4, 0.5) is 0 Å². The molecular formula is C10H7N3O. The van der Waals surface area contributed by atoms with E-state index < -0.39 is 0 Å². The summed E-state index contributed by atoms with van der Waals surface area (Å²) < 4.78 is 0. The Bertz CT molecular complexity index is 516. The molecule has 0 saturated carbocycles. The van der Waals surface area contributed by atoms with Crippen LogP contribution in [0.1, 0.15) is 5.69 Å². The first kappa shape index (κ1) is 8.48. The molecule has 2 rings (SSSR count). The number of rotatable bonds is 1. The van der Waals surface area contributed by atoms with E-state index in [1.807, 2.05) is 24.3 Å². The smallest absolute Gasteiger partial charge is 0.173 e. The fourth-order valence-electron chi connectivity index (χ4n) is 1.28. The molecule has 1 aromatic carbocycles. The number of nitriles is 1. The third kappa shape index (κ3) is 1.26. The fourth-order valence-corrected chi connectivity index (χ4v) is 1.28. The van der Waals surface area contributed by atoms with Gasteiger partial charge in [0, 0.05) is 5.39 Å². The lowest BCUT2D eigenvalue weighted by atomic mass is 10.2. The van der Waals surface area contributed by atoms with Crippen LogP contribution in [0.5, 0.6) is 5.75 Å². The van der Waals surface area contributed by atoms with Gasteiger partial charge in [-0.1, -0.05) is 12.1 Å². The summed E-state index contributed by atoms with van der Waals surface area (Å²) in [7, 11) is 0. The van der Waals surface area contributed by atoms with Crippen molar-refractivity contribution in [1.29, 1.82) is 5.26 Å². The molecule has 0 saturated heterocycles. The average molecular weight is 185 g/mol. The third-order valence-electron chi connectivity index (χ3n) is 1.92. The molecule has 2 aromatic rings. The Hall–Kier alpha value is -2.12. The number of pyridine rings is 1. The van der Waals surface area contributed by atoms with Gasteiger partial charge in [0.1, 0.15) is 17.3 Å². The molecule has 1 heterocycles. The van der Waals surface area contributed by atoms with Crippen LogP contribution in [0.3, 0.4) is 0 Å². The predicted octanol–water partition coefficient (Wildman–Crippen LogP) is 1.36. The lowest BCUT2D eigenvalue weighted by Gasteiger charge is -2.02. The summed E-state index contributed by atoms with van der Waals surface area (Å²) >= 11 is 0. The molecule has 0 aliphatic rings. The van der Waals surface area contributed by atoms with Gasteiger partial charge < -0.3 is 4.84 Å². The van der Waals surface area contributed by atoms with Crippen LogP contribution in [0.15, 0.2) is 30.3 Å². The van der Waals surface area contributed by atoms with Crippen molar-refractivity contribution in [3.8, 4) is 11.8 Å². The first-order valence-corrected chi connectivity index (χ1v) is 4.02. The number of nitrogens with two attached hydrogens (primary N) is 1. The second-order valence-corrected chi connectivity index (χ2v) is 2.75. The van der Waals surface area contributed by atoms with E-state index in [2.05, 4.69) is 9.82 Å². The summed E-state index contributed by atoms with van der Waals surface area (Å²) in [5, 5.41) is 9.57. The van der Waals surface area contributed by atoms with E-state index in [0.717, 1.165) is 5.39 Å². The zero-order chi connectivity index (χ0) is 9.97. The summed E-state index contributed by atoms with van der Waals surface area (Å²) in [4.78, 5) is 8.75. The Kier molecular flexibility index (Phi) is 2.01. The number of hydrogen-bond donors (Lipinski definition) is 1. The SMILES string of the molecule is N#Cc1ccc2cccc(ON)c2n1. The lowest BCUT2D eigenvalue weighted by Crippen LogP contribution is -2.02. The van der Waals surface area contributed by atoms with Crippen molar-refractivity contribution in [2.24, 2.45) is 5.90 Å². The molecule has 1 aromatic heterocycles. The first-order valence-electron chi connectivity index (χ1n) is 4.02. The number of para-hydroxylation sites is 1. The van der Waals surface area contributed by atoms with Crippen LogP contribution in [0.25, 0.3) is 10.9 Å². The van der Waals surface area contributed by atoms with E-state index in [1.165, 1.54) is 0 Å². The van der Waals surface area contributed by atoms with Gasteiger partial charge in [-0.15, -0.1) is 0 Å². The van der Waals surface area contributed by atoms with Crippen LogP contribution in [-0.4, -0.2) is 4.98 Å². The van der Waals surface area contributed by atoms with Crippen LogP contribution in [0.2, 0.25) is 0 Å². The van der Waals surface area contributed by atoms with Gasteiger partial charge in [0.15, 0.2) is 5.75 Å². The van der Waals surface area contributed by atoms with Crippen molar-refractivity contribution in [2.45, 2.75) is 0 Å². The van der Waals surface area contributed by atoms with Crippen LogP contribution in [-0.2, 0) is 0 Å². The van der Waals surface area contributed by atoms with E-state index in [4.69, 9.17) is 11.2 Å². The quantitative estimate of drug-likeness (QED) is 0.681. The molecule has 0 spiro atoms. The molecule has 0 unspecified atom stereocenters. The minimum absolute atomic E-state index is 0.349. The summed E-state index contributed by atoms with van der Waals surface area (Å²) in [6, 6.07) is 10.8. The maximum atomic E-state index is 8.68. The van der Waals surface area contributed by atoms with Gasteiger partial charge in [-0.05, 0) is 18.2 Å². The second-order valence-electron chi connectivity index (χ2n) is 2.75. The number of benzene rings is 1. The van der Waals surface area contributed by atoms with E-state index >= 15 is 0 Å². The molecule has 0 aliphatic heterocycles. The topological polar surface area (TPSA) is 71.9 Å². The van der Waals surface area contributed by atoms with E-state index in [1.54, 1.807) is 12.1 Å². The number of aromatic nitrogens is 1. The minimum atomic E-state index is 0.349. The highest BCUT2D eigenvalue weighted by Gasteiger charge is 2.03. The average Bonchev–Trinajstić information content (AvgIpc) is 2.27. The summed E-state index contributed by atoms with van der Waals surface area (Å²) in [5.74, 6) is 5.56. The second kappa shape index (κ2) is 3.32. The fraction of sp³-hybridized carbons (Fsp3) is 0. The van der Waals surface area contributed by atoms with Gasteiger partial charge in [0.2, 0.25) is 0 Å². The Morgan fingerprint density at radius 1 is 1.29 bits per heavy atom. The first-order chi connectivity index (χ1) is 6.85. The molecule has 2 N–H and O–H groups in total. The maximum absolute atomic E-state index is 8.68. The zero-order valence-electron chi connectivity index (χ0n) is 7.27. The van der Waals surface area contributed by atoms with Crippen molar-refractivity contribution in [1.82, 2.24) is 4.98 Å². The molecule has 68 valence electrons. The summed E-state index contributed by atoms with van der Waals surface area (Å²) in [6.45, 7) is 0. The molecule has 0 aliphatic carbocycles. The normalized spacial score (nSPS) is 9.71. The molecule has 0 amide bonds. The highest BCUT2D eigenvalue weighted by molar-refractivity contribution is 5.84. The predicted molar refractivity (Wildman–Crippen MR) is 51.3 cm³/mol. The third-order valence-corrected chi connectivity index (χ3v) is 1.92. The van der Waals surface area contributed by atoms with Crippen molar-refractivity contribution in [2.75, 3.05) is 0 Å². The van der Waals surface area contributed by atoms with Gasteiger partial charge in [-0.2, -0.15) is 11.2 Å². The number of fused-ring (bicyclic) bond motifs is 1. The molecular weight excluding hydrogens is 178 g/mol. The van der Waals surface area contributed by atoms with Gasteiger partial charge in [-0.3, -0.25) is 0 Å². The van der Waals surface area contributed by atoms with Crippen LogP contribution < -0.4 is 10.7 Å². The molecule has 14 heavy (non-hydrogen) atoms. The summed E-state index contributed by atoms with van der Waals surface area (Å²) in [6.07, 6.45) is 0. The maximum Gasteiger partial charge on any atom is 0.173 e. The van der Waals surface area contributed by atoms with E-state index in [-0.39, 0.29) is 0 Å². The Morgan fingerprint density at radius 2 is 2.14 bits per heavy atom. The van der Waals surface area contributed by atoms with E-state index in [9.17, 15) is 0 Å². The standard InChI is InChI=1S/C10H7N3O/c11-6-8-5-4-7-2-1-3-9(14-12)10(7)13-8/h1-5H,12H2. The van der Waals surface area contributed by atoms with Crippen LogP contribution in [0, 0.1) is 11.3 Å². The molecule has 4 heteroatoms. The van der Waals surface area contributed by atoms with Crippen molar-refractivity contribution in [3.05, 3.63) is 36.0 Å². The molecule has 0 radical (unpaired) electrons. The molecule has 0 atom stereocenters. The van der Waals surface area contributed by atoms with Gasteiger partial charge >= 0.3 is 0 Å². The van der Waals surface area contributed by atoms with Crippen molar-refractivity contribution in [3.63, 3.8) is 0 Å². The minimum Gasteiger partial charge on any atom is -0.409 e. The molecule has 0 fully saturated rings. The monoisotopic (exact) mass is 185 g/mol.